The molecular weight excluding hydrogens is 498 g/mol. The lowest BCUT2D eigenvalue weighted by Crippen LogP contribution is -2.44. The number of ether oxygens (including phenoxy) is 1. The molecule has 1 atom stereocenters. The van der Waals surface area contributed by atoms with Crippen molar-refractivity contribution in [1.82, 2.24) is 9.62 Å². The highest BCUT2D eigenvalue weighted by molar-refractivity contribution is 8.00. The lowest BCUT2D eigenvalue weighted by Gasteiger charge is -2.30. The number of carbonyl (C=O) groups is 2. The Balaban J connectivity index is 1.73. The molecule has 10 heteroatoms. The van der Waals surface area contributed by atoms with Gasteiger partial charge in [-0.1, -0.05) is 39.3 Å². The molecular formula is C26H35N3O5S2. The molecule has 1 heterocycles. The Kier molecular flexibility index (Phi) is 9.81. The second-order valence-electron chi connectivity index (χ2n) is 8.55. The average molecular weight is 534 g/mol. The Morgan fingerprint density at radius 2 is 1.83 bits per heavy atom. The summed E-state index contributed by atoms with van der Waals surface area (Å²) in [7, 11) is -3.69. The number of nitrogens with zero attached hydrogens (tertiary/aromatic N) is 2. The van der Waals surface area contributed by atoms with E-state index in [4.69, 9.17) is 4.74 Å². The van der Waals surface area contributed by atoms with Gasteiger partial charge >= 0.3 is 0 Å². The number of rotatable bonds is 12. The summed E-state index contributed by atoms with van der Waals surface area (Å²) < 4.78 is 33.1. The normalized spacial score (nSPS) is 14.5. The Labute approximate surface area is 218 Å². The van der Waals surface area contributed by atoms with Crippen LogP contribution in [0.15, 0.2) is 52.3 Å². The summed E-state index contributed by atoms with van der Waals surface area (Å²) >= 11 is 1.34. The summed E-state index contributed by atoms with van der Waals surface area (Å²) in [6, 6.07) is 12.1. The minimum Gasteiger partial charge on any atom is -0.494 e. The quantitative estimate of drug-likeness (QED) is 0.411. The number of carbonyl (C=O) groups excluding carboxylic acids is 2. The Hall–Kier alpha value is -2.56. The molecule has 2 aromatic rings. The molecule has 2 aromatic carbocycles. The van der Waals surface area contributed by atoms with Crippen molar-refractivity contribution < 1.29 is 22.7 Å². The number of hydrogen-bond donors (Lipinski definition) is 1. The minimum absolute atomic E-state index is 0.111. The fourth-order valence-electron chi connectivity index (χ4n) is 3.93. The zero-order chi connectivity index (χ0) is 26.3. The van der Waals surface area contributed by atoms with Crippen LogP contribution in [0.2, 0.25) is 0 Å². The van der Waals surface area contributed by atoms with Crippen molar-refractivity contribution in [1.29, 1.82) is 0 Å². The van der Waals surface area contributed by atoms with E-state index in [1.54, 1.807) is 26.0 Å². The number of unbranched alkanes of at least 4 members (excludes halogenated alkanes) is 1. The third-order valence-electron chi connectivity index (χ3n) is 6.04. The second kappa shape index (κ2) is 12.6. The largest absolute Gasteiger partial charge is 0.494 e. The lowest BCUT2D eigenvalue weighted by molar-refractivity contribution is -0.123. The molecule has 0 saturated heterocycles. The van der Waals surface area contributed by atoms with Crippen molar-refractivity contribution >= 4 is 39.3 Å². The van der Waals surface area contributed by atoms with Crippen LogP contribution in [0, 0.1) is 0 Å². The van der Waals surface area contributed by atoms with Crippen molar-refractivity contribution in [3.8, 4) is 5.75 Å². The second-order valence-corrected chi connectivity index (χ2v) is 11.5. The molecule has 3 rings (SSSR count). The first-order valence-electron chi connectivity index (χ1n) is 12.3. The van der Waals surface area contributed by atoms with Gasteiger partial charge in [0.15, 0.2) is 0 Å². The lowest BCUT2D eigenvalue weighted by atomic mass is 10.1. The summed E-state index contributed by atoms with van der Waals surface area (Å²) in [5, 5.41) is 2.94. The van der Waals surface area contributed by atoms with Gasteiger partial charge in [-0.25, -0.2) is 8.42 Å². The van der Waals surface area contributed by atoms with Gasteiger partial charge < -0.3 is 15.0 Å². The van der Waals surface area contributed by atoms with Crippen LogP contribution in [0.5, 0.6) is 5.75 Å². The molecule has 0 aliphatic carbocycles. The van der Waals surface area contributed by atoms with Crippen LogP contribution in [0.3, 0.4) is 0 Å². The molecule has 1 unspecified atom stereocenters. The first kappa shape index (κ1) is 28.0. The topological polar surface area (TPSA) is 96.0 Å². The van der Waals surface area contributed by atoms with E-state index in [9.17, 15) is 18.0 Å². The van der Waals surface area contributed by atoms with Crippen molar-refractivity contribution in [2.75, 3.05) is 36.9 Å². The molecule has 0 bridgehead atoms. The molecule has 196 valence electrons. The van der Waals surface area contributed by atoms with Gasteiger partial charge in [0.05, 0.1) is 29.0 Å². The van der Waals surface area contributed by atoms with Crippen LogP contribution < -0.4 is 15.0 Å². The molecule has 1 aliphatic rings. The Bertz CT molecular complexity index is 1160. The highest BCUT2D eigenvalue weighted by Crippen LogP contribution is 2.37. The fourth-order valence-corrected chi connectivity index (χ4v) is 6.32. The van der Waals surface area contributed by atoms with E-state index in [1.165, 1.54) is 27.0 Å². The number of amides is 2. The molecule has 0 radical (unpaired) electrons. The number of anilines is 1. The highest BCUT2D eigenvalue weighted by Gasteiger charge is 2.30. The fraction of sp³-hybridized carbons (Fsp3) is 0.462. The van der Waals surface area contributed by atoms with Crippen LogP contribution in [-0.2, 0) is 19.6 Å². The Morgan fingerprint density at radius 1 is 1.14 bits per heavy atom. The van der Waals surface area contributed by atoms with Gasteiger partial charge in [0.25, 0.3) is 0 Å². The van der Waals surface area contributed by atoms with E-state index in [-0.39, 0.29) is 35.0 Å². The van der Waals surface area contributed by atoms with Gasteiger partial charge in [-0.3, -0.25) is 9.59 Å². The van der Waals surface area contributed by atoms with E-state index < -0.39 is 10.0 Å². The number of nitrogens with one attached hydrogen (secondary N) is 1. The maximum atomic E-state index is 13.0. The number of sulfonamides is 1. The minimum atomic E-state index is -3.69. The molecule has 1 N–H and O–H groups in total. The standard InChI is InChI=1S/C26H35N3O5S2/c1-5-8-15-34-21-11-9-20(10-12-21)19(4)27-25(30)17-29-23-16-22(36(32,33)28(6-2)7-3)13-14-24(23)35-18-26(29)31/h9-14,16,19H,5-8,15,17-18H2,1-4H3,(H,27,30). The smallest absolute Gasteiger partial charge is 0.243 e. The van der Waals surface area contributed by atoms with Crippen LogP contribution in [0.4, 0.5) is 5.69 Å². The highest BCUT2D eigenvalue weighted by atomic mass is 32.2. The summed E-state index contributed by atoms with van der Waals surface area (Å²) in [5.74, 6) is 0.418. The van der Waals surface area contributed by atoms with E-state index in [0.717, 1.165) is 29.1 Å². The van der Waals surface area contributed by atoms with Crippen molar-refractivity contribution in [2.45, 2.75) is 56.4 Å². The molecule has 36 heavy (non-hydrogen) atoms. The van der Waals surface area contributed by atoms with Gasteiger partial charge in [-0.2, -0.15) is 4.31 Å². The number of hydrogen-bond acceptors (Lipinski definition) is 6. The monoisotopic (exact) mass is 533 g/mol. The summed E-state index contributed by atoms with van der Waals surface area (Å²) in [4.78, 5) is 27.9. The van der Waals surface area contributed by atoms with E-state index in [1.807, 2.05) is 31.2 Å². The zero-order valence-electron chi connectivity index (χ0n) is 21.3. The molecule has 1 aliphatic heterocycles. The molecule has 0 spiro atoms. The summed E-state index contributed by atoms with van der Waals surface area (Å²) in [5.41, 5.74) is 1.36. The maximum Gasteiger partial charge on any atom is 0.243 e. The van der Waals surface area contributed by atoms with Gasteiger partial charge in [-0.15, -0.1) is 11.8 Å². The van der Waals surface area contributed by atoms with E-state index in [2.05, 4.69) is 12.2 Å². The van der Waals surface area contributed by atoms with Crippen LogP contribution in [-0.4, -0.2) is 56.5 Å². The van der Waals surface area contributed by atoms with Crippen LogP contribution >= 0.6 is 11.8 Å². The number of thioether (sulfide) groups is 1. The summed E-state index contributed by atoms with van der Waals surface area (Å²) in [6.07, 6.45) is 2.06. The summed E-state index contributed by atoms with van der Waals surface area (Å²) in [6.45, 7) is 8.72. The van der Waals surface area contributed by atoms with Gasteiger partial charge in [0.1, 0.15) is 12.3 Å². The predicted molar refractivity (Wildman–Crippen MR) is 143 cm³/mol. The molecule has 8 nitrogen and oxygen atoms in total. The first-order chi connectivity index (χ1) is 17.2. The van der Waals surface area contributed by atoms with Crippen molar-refractivity contribution in [3.05, 3.63) is 48.0 Å². The third kappa shape index (κ3) is 6.60. The number of fused-ring (bicyclic) bond motifs is 1. The van der Waals surface area contributed by atoms with Crippen LogP contribution in [0.1, 0.15) is 52.1 Å². The molecule has 0 aromatic heterocycles. The molecule has 0 saturated carbocycles. The number of benzene rings is 2. The van der Waals surface area contributed by atoms with Gasteiger partial charge in [0, 0.05) is 18.0 Å². The molecule has 2 amide bonds. The zero-order valence-corrected chi connectivity index (χ0v) is 23.0. The van der Waals surface area contributed by atoms with Crippen molar-refractivity contribution in [2.24, 2.45) is 0 Å². The van der Waals surface area contributed by atoms with Crippen molar-refractivity contribution in [3.63, 3.8) is 0 Å². The predicted octanol–water partition coefficient (Wildman–Crippen LogP) is 4.21. The van der Waals surface area contributed by atoms with Gasteiger partial charge in [0.2, 0.25) is 21.8 Å². The first-order valence-corrected chi connectivity index (χ1v) is 14.7. The SMILES string of the molecule is CCCCOc1ccc(C(C)NC(=O)CN2C(=O)CSc3ccc(S(=O)(=O)N(CC)CC)cc32)cc1. The Morgan fingerprint density at radius 3 is 2.47 bits per heavy atom. The maximum absolute atomic E-state index is 13.0. The average Bonchev–Trinajstić information content (AvgIpc) is 2.86. The molecule has 0 fully saturated rings. The van der Waals surface area contributed by atoms with E-state index in [0.29, 0.717) is 25.4 Å². The van der Waals surface area contributed by atoms with E-state index >= 15 is 0 Å². The van der Waals surface area contributed by atoms with Gasteiger partial charge in [-0.05, 0) is 49.2 Å². The third-order valence-corrected chi connectivity index (χ3v) is 9.14. The van der Waals surface area contributed by atoms with Crippen LogP contribution in [0.25, 0.3) is 0 Å².